The minimum absolute atomic E-state index is 0.311. The fourth-order valence-electron chi connectivity index (χ4n) is 3.00. The highest BCUT2D eigenvalue weighted by Gasteiger charge is 2.39. The first-order chi connectivity index (χ1) is 10.2. The van der Waals surface area contributed by atoms with Crippen molar-refractivity contribution in [2.75, 3.05) is 12.9 Å². The molecule has 5 heteroatoms. The molecule has 1 N–H and O–H groups in total. The van der Waals surface area contributed by atoms with Crippen LogP contribution < -0.4 is 10.1 Å². The van der Waals surface area contributed by atoms with Crippen molar-refractivity contribution < 1.29 is 4.74 Å². The van der Waals surface area contributed by atoms with Crippen LogP contribution in [0.15, 0.2) is 23.3 Å². The van der Waals surface area contributed by atoms with Crippen molar-refractivity contribution in [3.05, 3.63) is 23.9 Å². The zero-order valence-corrected chi connectivity index (χ0v) is 13.6. The molecule has 2 heterocycles. The van der Waals surface area contributed by atoms with Crippen LogP contribution in [0, 0.1) is 5.92 Å². The van der Waals surface area contributed by atoms with Crippen molar-refractivity contribution in [1.82, 2.24) is 10.3 Å². The molecule has 1 saturated carbocycles. The monoisotopic (exact) mass is 305 g/mol. The molecule has 0 amide bonds. The molecule has 1 spiro atoms. The molecular formula is C16H23N3OS. The van der Waals surface area contributed by atoms with E-state index >= 15 is 0 Å². The highest BCUT2D eigenvalue weighted by molar-refractivity contribution is 8.14. The van der Waals surface area contributed by atoms with E-state index in [-0.39, 0.29) is 0 Å². The summed E-state index contributed by atoms with van der Waals surface area (Å²) >= 11 is 1.87. The van der Waals surface area contributed by atoms with Gasteiger partial charge in [-0.1, -0.05) is 18.7 Å². The summed E-state index contributed by atoms with van der Waals surface area (Å²) in [5, 5.41) is 4.79. The smallest absolute Gasteiger partial charge is 0.213 e. The standard InChI is InChI=1S/C16H23N3OS/c1-12-3-6-16(7-4-12)11-21-15(19-16)18-10-13-5-8-17-14(9-13)20-2/h5,8-9,12H,3-4,6-7,10-11H2,1-2H3,(H,18,19). The lowest BCUT2D eigenvalue weighted by Gasteiger charge is -2.35. The Morgan fingerprint density at radius 3 is 3.05 bits per heavy atom. The van der Waals surface area contributed by atoms with Gasteiger partial charge in [0.05, 0.1) is 13.7 Å². The molecular weight excluding hydrogens is 282 g/mol. The number of ether oxygens (including phenoxy) is 1. The van der Waals surface area contributed by atoms with Crippen LogP contribution >= 0.6 is 11.8 Å². The van der Waals surface area contributed by atoms with E-state index in [9.17, 15) is 0 Å². The number of amidine groups is 1. The van der Waals surface area contributed by atoms with Gasteiger partial charge in [0.2, 0.25) is 5.88 Å². The second-order valence-electron chi connectivity index (χ2n) is 6.20. The van der Waals surface area contributed by atoms with Gasteiger partial charge in [0.15, 0.2) is 5.17 Å². The summed E-state index contributed by atoms with van der Waals surface area (Å²) in [6.45, 7) is 3.04. The minimum atomic E-state index is 0.311. The average molecular weight is 305 g/mol. The van der Waals surface area contributed by atoms with E-state index in [1.807, 2.05) is 23.9 Å². The van der Waals surface area contributed by atoms with Gasteiger partial charge in [0, 0.05) is 23.6 Å². The van der Waals surface area contributed by atoms with Crippen molar-refractivity contribution in [2.24, 2.45) is 10.9 Å². The first-order valence-electron chi connectivity index (χ1n) is 7.63. The second kappa shape index (κ2) is 6.26. The summed E-state index contributed by atoms with van der Waals surface area (Å²) in [7, 11) is 1.64. The van der Waals surface area contributed by atoms with E-state index in [1.54, 1.807) is 13.3 Å². The molecule has 2 aliphatic rings. The van der Waals surface area contributed by atoms with Crippen LogP contribution in [-0.2, 0) is 6.54 Å². The van der Waals surface area contributed by atoms with Gasteiger partial charge in [0.25, 0.3) is 0 Å². The highest BCUT2D eigenvalue weighted by Crippen LogP contribution is 2.38. The van der Waals surface area contributed by atoms with Crippen molar-refractivity contribution in [3.8, 4) is 5.88 Å². The molecule has 1 aromatic rings. The highest BCUT2D eigenvalue weighted by atomic mass is 32.2. The second-order valence-corrected chi connectivity index (χ2v) is 7.17. The van der Waals surface area contributed by atoms with Crippen LogP contribution in [0.5, 0.6) is 5.88 Å². The molecule has 114 valence electrons. The largest absolute Gasteiger partial charge is 0.481 e. The van der Waals surface area contributed by atoms with Gasteiger partial charge in [-0.05, 0) is 43.2 Å². The molecule has 2 fully saturated rings. The zero-order chi connectivity index (χ0) is 14.7. The Hall–Kier alpha value is -1.23. The van der Waals surface area contributed by atoms with Gasteiger partial charge in [-0.3, -0.25) is 4.99 Å². The topological polar surface area (TPSA) is 46.5 Å². The lowest BCUT2D eigenvalue weighted by atomic mass is 9.78. The fourth-order valence-corrected chi connectivity index (χ4v) is 4.22. The fraction of sp³-hybridized carbons (Fsp3) is 0.625. The normalized spacial score (nSPS) is 30.6. The first-order valence-corrected chi connectivity index (χ1v) is 8.62. The SMILES string of the molecule is COc1cc(CN=C2NC3(CCC(C)CC3)CS2)ccn1. The Bertz CT molecular complexity index is 524. The molecule has 21 heavy (non-hydrogen) atoms. The number of hydrogen-bond acceptors (Lipinski definition) is 4. The summed E-state index contributed by atoms with van der Waals surface area (Å²) in [4.78, 5) is 8.84. The molecule has 1 aromatic heterocycles. The molecule has 1 aliphatic heterocycles. The van der Waals surface area contributed by atoms with E-state index < -0.39 is 0 Å². The Labute approximate surface area is 130 Å². The van der Waals surface area contributed by atoms with Crippen LogP contribution in [0.3, 0.4) is 0 Å². The molecule has 1 saturated heterocycles. The number of rotatable bonds is 3. The third-order valence-electron chi connectivity index (χ3n) is 4.50. The van der Waals surface area contributed by atoms with Gasteiger partial charge >= 0.3 is 0 Å². The number of aromatic nitrogens is 1. The predicted octanol–water partition coefficient (Wildman–Crippen LogP) is 3.23. The molecule has 0 radical (unpaired) electrons. The average Bonchev–Trinajstić information content (AvgIpc) is 2.92. The van der Waals surface area contributed by atoms with E-state index in [0.29, 0.717) is 18.0 Å². The number of thioether (sulfide) groups is 1. The van der Waals surface area contributed by atoms with Gasteiger partial charge in [0.1, 0.15) is 0 Å². The number of methoxy groups -OCH3 is 1. The summed E-state index contributed by atoms with van der Waals surface area (Å²) in [5.74, 6) is 2.70. The maximum absolute atomic E-state index is 5.15. The number of pyridine rings is 1. The first kappa shape index (κ1) is 14.7. The van der Waals surface area contributed by atoms with Crippen molar-refractivity contribution in [1.29, 1.82) is 0 Å². The van der Waals surface area contributed by atoms with Gasteiger partial charge in [-0.25, -0.2) is 4.98 Å². The maximum atomic E-state index is 5.15. The van der Waals surface area contributed by atoms with E-state index in [0.717, 1.165) is 22.4 Å². The van der Waals surface area contributed by atoms with Gasteiger partial charge < -0.3 is 10.1 Å². The van der Waals surface area contributed by atoms with E-state index in [2.05, 4.69) is 17.2 Å². The van der Waals surface area contributed by atoms with Gasteiger partial charge in [-0.15, -0.1) is 0 Å². The van der Waals surface area contributed by atoms with E-state index in [1.165, 1.54) is 25.7 Å². The van der Waals surface area contributed by atoms with Crippen LogP contribution in [0.25, 0.3) is 0 Å². The summed E-state index contributed by atoms with van der Waals surface area (Å²) in [6.07, 6.45) is 7.00. The van der Waals surface area contributed by atoms with Crippen LogP contribution in [0.4, 0.5) is 0 Å². The van der Waals surface area contributed by atoms with E-state index in [4.69, 9.17) is 9.73 Å². The quantitative estimate of drug-likeness (QED) is 0.931. The lowest BCUT2D eigenvalue weighted by molar-refractivity contribution is 0.251. The summed E-state index contributed by atoms with van der Waals surface area (Å²) < 4.78 is 5.15. The molecule has 0 aromatic carbocycles. The Morgan fingerprint density at radius 1 is 1.48 bits per heavy atom. The molecule has 3 rings (SSSR count). The third-order valence-corrected chi connectivity index (χ3v) is 5.70. The maximum Gasteiger partial charge on any atom is 0.213 e. The number of nitrogens with one attached hydrogen (secondary N) is 1. The molecule has 0 bridgehead atoms. The zero-order valence-electron chi connectivity index (χ0n) is 12.8. The molecule has 1 aliphatic carbocycles. The Balaban J connectivity index is 1.60. The molecule has 4 nitrogen and oxygen atoms in total. The number of hydrogen-bond donors (Lipinski definition) is 1. The minimum Gasteiger partial charge on any atom is -0.481 e. The summed E-state index contributed by atoms with van der Waals surface area (Å²) in [5.41, 5.74) is 1.45. The lowest BCUT2D eigenvalue weighted by Crippen LogP contribution is -2.46. The Kier molecular flexibility index (Phi) is 4.38. The number of aliphatic imine (C=N–C) groups is 1. The molecule has 0 atom stereocenters. The third kappa shape index (κ3) is 3.51. The Morgan fingerprint density at radius 2 is 2.29 bits per heavy atom. The van der Waals surface area contributed by atoms with Crippen LogP contribution in [-0.4, -0.2) is 28.6 Å². The molecule has 0 unspecified atom stereocenters. The predicted molar refractivity (Wildman–Crippen MR) is 87.9 cm³/mol. The van der Waals surface area contributed by atoms with Crippen molar-refractivity contribution in [2.45, 2.75) is 44.7 Å². The van der Waals surface area contributed by atoms with Gasteiger partial charge in [-0.2, -0.15) is 0 Å². The van der Waals surface area contributed by atoms with Crippen molar-refractivity contribution >= 4 is 16.9 Å². The van der Waals surface area contributed by atoms with Crippen molar-refractivity contribution in [3.63, 3.8) is 0 Å². The van der Waals surface area contributed by atoms with Crippen LogP contribution in [0.2, 0.25) is 0 Å². The summed E-state index contributed by atoms with van der Waals surface area (Å²) in [6, 6.07) is 3.94. The van der Waals surface area contributed by atoms with Crippen LogP contribution in [0.1, 0.15) is 38.2 Å². The number of nitrogens with zero attached hydrogens (tertiary/aromatic N) is 2.